The van der Waals surface area contributed by atoms with Crippen molar-refractivity contribution in [2.24, 2.45) is 5.73 Å². The molecule has 0 amide bonds. The second kappa shape index (κ2) is 4.46. The molecule has 3 aliphatic rings. The molecule has 0 radical (unpaired) electrons. The van der Waals surface area contributed by atoms with Gasteiger partial charge in [-0.3, -0.25) is 4.90 Å². The summed E-state index contributed by atoms with van der Waals surface area (Å²) in [5, 5.41) is 10.3. The number of aliphatic hydroxyl groups excluding tert-OH is 1. The largest absolute Gasteiger partial charge is 0.390 e. The highest BCUT2D eigenvalue weighted by atomic mass is 16.7. The van der Waals surface area contributed by atoms with Crippen molar-refractivity contribution in [3.63, 3.8) is 0 Å². The fourth-order valence-corrected chi connectivity index (χ4v) is 2.94. The predicted octanol–water partition coefficient (Wildman–Crippen LogP) is -1.95. The first-order valence-electron chi connectivity index (χ1n) is 6.30. The Balaban J connectivity index is 1.72. The number of piperazine rings is 1. The molecule has 0 aromatic heterocycles. The third-order valence-electron chi connectivity index (χ3n) is 4.15. The average molecular weight is 243 g/mol. The zero-order chi connectivity index (χ0) is 12.0. The lowest BCUT2D eigenvalue weighted by molar-refractivity contribution is -0.181. The monoisotopic (exact) mass is 243 g/mol. The molecule has 6 nitrogen and oxygen atoms in total. The second-order valence-electron chi connectivity index (χ2n) is 5.27. The fraction of sp³-hybridized carbons (Fsp3) is 1.00. The molecule has 0 saturated carbocycles. The second-order valence-corrected chi connectivity index (χ2v) is 5.27. The Morgan fingerprint density at radius 1 is 1.24 bits per heavy atom. The summed E-state index contributed by atoms with van der Waals surface area (Å²) >= 11 is 0. The van der Waals surface area contributed by atoms with E-state index in [-0.39, 0.29) is 24.5 Å². The Labute approximate surface area is 101 Å². The lowest BCUT2D eigenvalue weighted by Crippen LogP contribution is -2.65. The molecule has 3 aliphatic heterocycles. The topological polar surface area (TPSA) is 71.2 Å². The van der Waals surface area contributed by atoms with E-state index in [1.54, 1.807) is 0 Å². The van der Waals surface area contributed by atoms with Crippen molar-refractivity contribution in [2.75, 3.05) is 39.8 Å². The zero-order valence-corrected chi connectivity index (χ0v) is 10.2. The standard InChI is InChI=1S/C11H21N3O3/c1-13-2-4-14(5-3-13)9-10(15)8(12)7-6-16-11(9)17-7/h7-11,15H,2-6,12H2,1H3/t7-,8-,9-,10+,11-/m1/s1. The zero-order valence-electron chi connectivity index (χ0n) is 10.2. The molecular weight excluding hydrogens is 222 g/mol. The van der Waals surface area contributed by atoms with Crippen LogP contribution in [0, 0.1) is 0 Å². The van der Waals surface area contributed by atoms with E-state index in [9.17, 15) is 5.11 Å². The van der Waals surface area contributed by atoms with Gasteiger partial charge in [0.25, 0.3) is 0 Å². The summed E-state index contributed by atoms with van der Waals surface area (Å²) in [5.74, 6) is 0. The van der Waals surface area contributed by atoms with Gasteiger partial charge in [0.2, 0.25) is 0 Å². The van der Waals surface area contributed by atoms with E-state index in [2.05, 4.69) is 16.8 Å². The number of nitrogens with two attached hydrogens (primary N) is 1. The molecule has 0 unspecified atom stereocenters. The van der Waals surface area contributed by atoms with Crippen LogP contribution in [-0.2, 0) is 9.47 Å². The van der Waals surface area contributed by atoms with E-state index in [1.165, 1.54) is 0 Å². The van der Waals surface area contributed by atoms with Crippen molar-refractivity contribution < 1.29 is 14.6 Å². The van der Waals surface area contributed by atoms with Crippen LogP contribution in [0.1, 0.15) is 0 Å². The molecule has 0 aromatic rings. The average Bonchev–Trinajstić information content (AvgIpc) is 2.75. The minimum atomic E-state index is -0.551. The molecule has 98 valence electrons. The molecule has 3 heterocycles. The maximum Gasteiger partial charge on any atom is 0.176 e. The van der Waals surface area contributed by atoms with Crippen LogP contribution < -0.4 is 5.73 Å². The summed E-state index contributed by atoms with van der Waals surface area (Å²) in [6.07, 6.45) is -0.999. The van der Waals surface area contributed by atoms with Crippen molar-refractivity contribution in [3.05, 3.63) is 0 Å². The normalized spacial score (nSPS) is 48.5. The molecule has 3 saturated heterocycles. The summed E-state index contributed by atoms with van der Waals surface area (Å²) in [5.41, 5.74) is 5.99. The van der Waals surface area contributed by atoms with Crippen LogP contribution in [0.15, 0.2) is 0 Å². The van der Waals surface area contributed by atoms with Gasteiger partial charge in [-0.2, -0.15) is 0 Å². The van der Waals surface area contributed by atoms with Crippen LogP contribution in [0.5, 0.6) is 0 Å². The first-order valence-corrected chi connectivity index (χ1v) is 6.30. The maximum atomic E-state index is 10.3. The van der Waals surface area contributed by atoms with Gasteiger partial charge in [0.05, 0.1) is 24.8 Å². The highest BCUT2D eigenvalue weighted by Crippen LogP contribution is 2.30. The summed E-state index contributed by atoms with van der Waals surface area (Å²) < 4.78 is 11.3. The summed E-state index contributed by atoms with van der Waals surface area (Å²) in [7, 11) is 2.11. The molecular formula is C11H21N3O3. The van der Waals surface area contributed by atoms with Gasteiger partial charge in [0.1, 0.15) is 6.10 Å². The first kappa shape index (κ1) is 11.8. The van der Waals surface area contributed by atoms with Gasteiger partial charge < -0.3 is 25.2 Å². The van der Waals surface area contributed by atoms with Gasteiger partial charge in [-0.1, -0.05) is 0 Å². The Kier molecular flexibility index (Phi) is 3.10. The Bertz CT molecular complexity index is 283. The molecule has 3 N–H and O–H groups in total. The molecule has 0 aromatic carbocycles. The molecule has 6 heteroatoms. The number of likely N-dealkylation sites (N-methyl/N-ethyl adjacent to an activating group) is 1. The van der Waals surface area contributed by atoms with Gasteiger partial charge in [-0.15, -0.1) is 0 Å². The highest BCUT2D eigenvalue weighted by Gasteiger charge is 2.50. The number of rotatable bonds is 1. The molecule has 5 atom stereocenters. The van der Waals surface area contributed by atoms with E-state index < -0.39 is 6.10 Å². The first-order chi connectivity index (χ1) is 8.16. The lowest BCUT2D eigenvalue weighted by atomic mass is 9.95. The van der Waals surface area contributed by atoms with Crippen molar-refractivity contribution in [1.82, 2.24) is 9.80 Å². The number of aliphatic hydroxyl groups is 1. The number of hydrogen-bond acceptors (Lipinski definition) is 6. The van der Waals surface area contributed by atoms with E-state index in [0.717, 1.165) is 26.2 Å². The van der Waals surface area contributed by atoms with Gasteiger partial charge in [-0.25, -0.2) is 0 Å². The Hall–Kier alpha value is -0.240. The van der Waals surface area contributed by atoms with Gasteiger partial charge in [-0.05, 0) is 7.05 Å². The molecule has 3 fully saturated rings. The minimum absolute atomic E-state index is 0.113. The number of hydrogen-bond donors (Lipinski definition) is 2. The van der Waals surface area contributed by atoms with Crippen molar-refractivity contribution in [2.45, 2.75) is 30.6 Å². The molecule has 3 rings (SSSR count). The summed E-state index contributed by atoms with van der Waals surface area (Å²) in [6, 6.07) is -0.448. The van der Waals surface area contributed by atoms with E-state index >= 15 is 0 Å². The molecule has 2 bridgehead atoms. The van der Waals surface area contributed by atoms with Gasteiger partial charge in [0.15, 0.2) is 6.29 Å². The summed E-state index contributed by atoms with van der Waals surface area (Å²) in [4.78, 5) is 4.53. The van der Waals surface area contributed by atoms with Crippen LogP contribution in [0.25, 0.3) is 0 Å². The highest BCUT2D eigenvalue weighted by molar-refractivity contribution is 5.00. The van der Waals surface area contributed by atoms with Crippen LogP contribution >= 0.6 is 0 Å². The smallest absolute Gasteiger partial charge is 0.176 e. The predicted molar refractivity (Wildman–Crippen MR) is 61.5 cm³/mol. The number of nitrogens with zero attached hydrogens (tertiary/aromatic N) is 2. The quantitative estimate of drug-likeness (QED) is 0.557. The Morgan fingerprint density at radius 2 is 1.94 bits per heavy atom. The Morgan fingerprint density at radius 3 is 2.65 bits per heavy atom. The van der Waals surface area contributed by atoms with Crippen molar-refractivity contribution >= 4 is 0 Å². The summed E-state index contributed by atoms with van der Waals surface area (Å²) in [6.45, 7) is 4.38. The van der Waals surface area contributed by atoms with E-state index in [0.29, 0.717) is 6.61 Å². The van der Waals surface area contributed by atoms with Crippen LogP contribution in [-0.4, -0.2) is 85.3 Å². The van der Waals surface area contributed by atoms with Gasteiger partial charge in [0, 0.05) is 26.2 Å². The van der Waals surface area contributed by atoms with Crippen LogP contribution in [0.4, 0.5) is 0 Å². The van der Waals surface area contributed by atoms with Crippen LogP contribution in [0.2, 0.25) is 0 Å². The van der Waals surface area contributed by atoms with Crippen molar-refractivity contribution in [1.29, 1.82) is 0 Å². The van der Waals surface area contributed by atoms with Crippen molar-refractivity contribution in [3.8, 4) is 0 Å². The SMILES string of the molecule is CN1CCN([C@H]2[C@@H]3OC[C@@H](O3)[C@@H](N)[C@@H]2O)CC1. The third-order valence-corrected chi connectivity index (χ3v) is 4.15. The van der Waals surface area contributed by atoms with E-state index in [1.807, 2.05) is 0 Å². The molecule has 0 spiro atoms. The van der Waals surface area contributed by atoms with Gasteiger partial charge >= 0.3 is 0 Å². The van der Waals surface area contributed by atoms with E-state index in [4.69, 9.17) is 15.2 Å². The minimum Gasteiger partial charge on any atom is -0.390 e. The lowest BCUT2D eigenvalue weighted by Gasteiger charge is -2.45. The molecule has 0 aliphatic carbocycles. The number of ether oxygens (including phenoxy) is 2. The molecule has 17 heavy (non-hydrogen) atoms. The number of fused-ring (bicyclic) bond motifs is 2. The van der Waals surface area contributed by atoms with Crippen LogP contribution in [0.3, 0.4) is 0 Å². The fourth-order valence-electron chi connectivity index (χ4n) is 2.94. The third kappa shape index (κ3) is 1.99. The maximum absolute atomic E-state index is 10.3.